The lowest BCUT2D eigenvalue weighted by molar-refractivity contribution is 0.143. The van der Waals surface area contributed by atoms with Crippen molar-refractivity contribution in [2.24, 2.45) is 0 Å². The number of aliphatic hydroxyl groups excluding tert-OH is 1. The minimum Gasteiger partial charge on any atom is -0.394 e. The summed E-state index contributed by atoms with van der Waals surface area (Å²) in [5.74, 6) is 2.29. The molecule has 0 aromatic carbocycles. The zero-order chi connectivity index (χ0) is 20.4. The number of rotatable bonds is 6. The van der Waals surface area contributed by atoms with E-state index < -0.39 is 10.8 Å². The van der Waals surface area contributed by atoms with Crippen molar-refractivity contribution in [1.82, 2.24) is 19.9 Å². The minimum atomic E-state index is -1.22. The lowest BCUT2D eigenvalue weighted by Crippen LogP contribution is -2.48. The highest BCUT2D eigenvalue weighted by Crippen LogP contribution is 2.36. The molecule has 1 saturated heterocycles. The van der Waals surface area contributed by atoms with Crippen LogP contribution >= 0.6 is 11.6 Å². The molecule has 0 spiro atoms. The molecule has 0 radical (unpaired) electrons. The van der Waals surface area contributed by atoms with Crippen molar-refractivity contribution in [3.63, 3.8) is 0 Å². The van der Waals surface area contributed by atoms with Crippen molar-refractivity contribution in [2.45, 2.75) is 48.5 Å². The third-order valence-electron chi connectivity index (χ3n) is 5.83. The summed E-state index contributed by atoms with van der Waals surface area (Å²) >= 11 is 5.88. The van der Waals surface area contributed by atoms with Crippen LogP contribution in [-0.4, -0.2) is 60.7 Å². The van der Waals surface area contributed by atoms with E-state index in [0.29, 0.717) is 21.7 Å². The van der Waals surface area contributed by atoms with Gasteiger partial charge in [-0.25, -0.2) is 15.0 Å². The van der Waals surface area contributed by atoms with Gasteiger partial charge in [0.05, 0.1) is 39.1 Å². The molecule has 2 aromatic heterocycles. The van der Waals surface area contributed by atoms with Gasteiger partial charge in [-0.05, 0) is 32.1 Å². The molecular formula is C19H25ClN6O2S. The van der Waals surface area contributed by atoms with E-state index in [1.807, 2.05) is 0 Å². The Kier molecular flexibility index (Phi) is 5.98. The van der Waals surface area contributed by atoms with Crippen LogP contribution in [0.5, 0.6) is 0 Å². The van der Waals surface area contributed by atoms with Crippen molar-refractivity contribution < 1.29 is 9.32 Å². The predicted octanol–water partition coefficient (Wildman–Crippen LogP) is 2.37. The van der Waals surface area contributed by atoms with Gasteiger partial charge in [0.2, 0.25) is 5.95 Å². The van der Waals surface area contributed by atoms with Gasteiger partial charge in [-0.2, -0.15) is 4.98 Å². The Balaban J connectivity index is 1.49. The molecule has 10 heteroatoms. The molecule has 3 heterocycles. The summed E-state index contributed by atoms with van der Waals surface area (Å²) in [6.45, 7) is 1.61. The van der Waals surface area contributed by atoms with E-state index in [-0.39, 0.29) is 18.1 Å². The number of piperidine rings is 1. The van der Waals surface area contributed by atoms with Gasteiger partial charge in [-0.3, -0.25) is 4.21 Å². The molecular weight excluding hydrogens is 412 g/mol. The zero-order valence-electron chi connectivity index (χ0n) is 16.3. The molecule has 2 N–H and O–H groups in total. The molecule has 2 aliphatic rings. The molecule has 0 amide bonds. The van der Waals surface area contributed by atoms with Crippen LogP contribution in [0.1, 0.15) is 43.8 Å². The number of nitrogens with zero attached hydrogens (tertiary/aromatic N) is 5. The molecule has 1 saturated carbocycles. The lowest BCUT2D eigenvalue weighted by atomic mass is 9.77. The number of anilines is 2. The van der Waals surface area contributed by atoms with Gasteiger partial charge >= 0.3 is 0 Å². The van der Waals surface area contributed by atoms with Crippen LogP contribution in [0.25, 0.3) is 0 Å². The maximum absolute atomic E-state index is 12.1. The van der Waals surface area contributed by atoms with E-state index in [2.05, 4.69) is 25.2 Å². The van der Waals surface area contributed by atoms with E-state index in [0.717, 1.165) is 51.0 Å². The molecule has 8 nitrogen and oxygen atoms in total. The Morgan fingerprint density at radius 2 is 1.93 bits per heavy atom. The number of halogens is 1. The van der Waals surface area contributed by atoms with Crippen molar-refractivity contribution in [3.8, 4) is 0 Å². The fourth-order valence-electron chi connectivity index (χ4n) is 3.86. The van der Waals surface area contributed by atoms with Crippen molar-refractivity contribution in [1.29, 1.82) is 0 Å². The Bertz CT molecular complexity index is 879. The van der Waals surface area contributed by atoms with E-state index in [4.69, 9.17) is 16.6 Å². The summed E-state index contributed by atoms with van der Waals surface area (Å²) in [6.07, 6.45) is 11.2. The Labute approximate surface area is 177 Å². The van der Waals surface area contributed by atoms with Crippen molar-refractivity contribution >= 4 is 34.2 Å². The first kappa shape index (κ1) is 20.4. The van der Waals surface area contributed by atoms with Gasteiger partial charge in [0.1, 0.15) is 11.6 Å². The minimum absolute atomic E-state index is 0.0363. The zero-order valence-corrected chi connectivity index (χ0v) is 17.9. The van der Waals surface area contributed by atoms with Gasteiger partial charge in [0, 0.05) is 37.7 Å². The predicted molar refractivity (Wildman–Crippen MR) is 113 cm³/mol. The van der Waals surface area contributed by atoms with Crippen LogP contribution in [-0.2, 0) is 10.8 Å². The van der Waals surface area contributed by atoms with E-state index in [1.165, 1.54) is 0 Å². The van der Waals surface area contributed by atoms with Gasteiger partial charge in [0.25, 0.3) is 0 Å². The first-order valence-electron chi connectivity index (χ1n) is 9.81. The fourth-order valence-corrected chi connectivity index (χ4v) is 4.53. The summed E-state index contributed by atoms with van der Waals surface area (Å²) in [7, 11) is -1.22. The quantitative estimate of drug-likeness (QED) is 0.711. The Morgan fingerprint density at radius 1 is 1.24 bits per heavy atom. The van der Waals surface area contributed by atoms with Gasteiger partial charge in [-0.15, -0.1) is 0 Å². The maximum Gasteiger partial charge on any atom is 0.227 e. The van der Waals surface area contributed by atoms with Crippen molar-refractivity contribution in [2.75, 3.05) is 36.2 Å². The first-order chi connectivity index (χ1) is 14.0. The van der Waals surface area contributed by atoms with Crippen LogP contribution < -0.4 is 10.2 Å². The van der Waals surface area contributed by atoms with E-state index in [9.17, 15) is 9.32 Å². The van der Waals surface area contributed by atoms with Gasteiger partial charge in [-0.1, -0.05) is 11.6 Å². The second-order valence-electron chi connectivity index (χ2n) is 7.77. The van der Waals surface area contributed by atoms with Crippen LogP contribution in [0.4, 0.5) is 11.8 Å². The van der Waals surface area contributed by atoms with Crippen LogP contribution in [0.3, 0.4) is 0 Å². The number of nitrogens with one attached hydrogen (secondary N) is 1. The molecule has 0 bridgehead atoms. The first-order valence-corrected chi connectivity index (χ1v) is 11.8. The van der Waals surface area contributed by atoms with E-state index >= 15 is 0 Å². The molecule has 0 unspecified atom stereocenters. The molecule has 2 fully saturated rings. The number of aromatic nitrogens is 4. The smallest absolute Gasteiger partial charge is 0.227 e. The molecule has 4 rings (SSSR count). The molecule has 1 aliphatic heterocycles. The summed E-state index contributed by atoms with van der Waals surface area (Å²) < 4.78 is 12.1. The molecule has 1 atom stereocenters. The fraction of sp³-hybridized carbons (Fsp3) is 0.579. The number of aliphatic hydroxyl groups is 1. The highest BCUT2D eigenvalue weighted by atomic mass is 35.5. The normalized spacial score (nSPS) is 20.2. The van der Waals surface area contributed by atoms with Crippen LogP contribution in [0, 0.1) is 0 Å². The number of hydrogen-bond acceptors (Lipinski definition) is 8. The summed E-state index contributed by atoms with van der Waals surface area (Å²) in [6, 6.07) is 0. The van der Waals surface area contributed by atoms with Crippen molar-refractivity contribution in [3.05, 3.63) is 29.4 Å². The summed E-state index contributed by atoms with van der Waals surface area (Å²) in [5.41, 5.74) is -0.362. The topological polar surface area (TPSA) is 104 Å². The van der Waals surface area contributed by atoms with Gasteiger partial charge in [0.15, 0.2) is 0 Å². The molecule has 2 aromatic rings. The molecule has 1 aliphatic carbocycles. The third-order valence-corrected chi connectivity index (χ3v) is 6.95. The largest absolute Gasteiger partial charge is 0.394 e. The summed E-state index contributed by atoms with van der Waals surface area (Å²) in [5, 5.41) is 13.7. The second kappa shape index (κ2) is 8.49. The SMILES string of the molecule is C[S@](=O)c1cnc(N2CCC(c3ncc(Cl)cn3)CC2)nc1NC1(CO)CCC1. The Morgan fingerprint density at radius 3 is 2.48 bits per heavy atom. The van der Waals surface area contributed by atoms with Crippen LogP contribution in [0.15, 0.2) is 23.5 Å². The third kappa shape index (κ3) is 4.36. The molecule has 156 valence electrons. The monoisotopic (exact) mass is 436 g/mol. The summed E-state index contributed by atoms with van der Waals surface area (Å²) in [4.78, 5) is 20.6. The average Bonchev–Trinajstić information content (AvgIpc) is 2.71. The van der Waals surface area contributed by atoms with Crippen LogP contribution in [0.2, 0.25) is 5.02 Å². The maximum atomic E-state index is 12.1. The standard InChI is InChI=1S/C19H25ClN6O2S/c1-29(28)15-11-23-18(24-17(15)25-19(12-27)5-2-6-19)26-7-3-13(4-8-26)16-21-9-14(20)10-22-16/h9-11,13,27H,2-8,12H2,1H3,(H,23,24,25)/t29-/m0/s1. The molecule has 29 heavy (non-hydrogen) atoms. The highest BCUT2D eigenvalue weighted by Gasteiger charge is 2.37. The lowest BCUT2D eigenvalue weighted by Gasteiger charge is -2.41. The second-order valence-corrected chi connectivity index (χ2v) is 9.56. The Hall–Kier alpha value is -1.84. The van der Waals surface area contributed by atoms with Gasteiger partial charge < -0.3 is 15.3 Å². The highest BCUT2D eigenvalue weighted by molar-refractivity contribution is 7.84. The average molecular weight is 437 g/mol. The van der Waals surface area contributed by atoms with E-state index in [1.54, 1.807) is 24.8 Å². The number of hydrogen-bond donors (Lipinski definition) is 2.